The van der Waals surface area contributed by atoms with E-state index in [1.807, 2.05) is 12.1 Å². The van der Waals surface area contributed by atoms with Crippen molar-refractivity contribution in [1.29, 1.82) is 0 Å². The van der Waals surface area contributed by atoms with Crippen LogP contribution >= 0.6 is 0 Å². The second kappa shape index (κ2) is 5.71. The Hall–Kier alpha value is 0.0483. The van der Waals surface area contributed by atoms with E-state index in [0.29, 0.717) is 5.56 Å². The van der Waals surface area contributed by atoms with E-state index in [9.17, 15) is 4.79 Å². The molecule has 0 fully saturated rings. The summed E-state index contributed by atoms with van der Waals surface area (Å²) in [5.41, 5.74) is 1.12. The van der Waals surface area contributed by atoms with Crippen molar-refractivity contribution < 1.29 is 56.1 Å². The summed E-state index contributed by atoms with van der Waals surface area (Å²) < 4.78 is 1.58. The van der Waals surface area contributed by atoms with Crippen molar-refractivity contribution >= 4 is 11.8 Å². The van der Waals surface area contributed by atoms with Crippen molar-refractivity contribution in [3.8, 4) is 0 Å². The maximum Gasteiger partial charge on any atom is 0.000450 e. The molecule has 0 aliphatic carbocycles. The van der Waals surface area contributed by atoms with Crippen molar-refractivity contribution in [3.63, 3.8) is 0 Å². The third-order valence-corrected chi connectivity index (χ3v) is 1.47. The Morgan fingerprint density at radius 1 is 1.46 bits per heavy atom. The molecule has 2 aromatic rings. The average molecular weight is 284 g/mol. The summed E-state index contributed by atoms with van der Waals surface area (Å²) in [4.78, 5) is 10.3. The first-order valence-corrected chi connectivity index (χ1v) is 3.15. The molecule has 0 aromatic carbocycles. The van der Waals surface area contributed by atoms with Crippen LogP contribution in [0.5, 0.6) is 0 Å². The number of pyridine rings is 1. The van der Waals surface area contributed by atoms with Crippen LogP contribution in [0, 0.1) is 6.20 Å². The van der Waals surface area contributed by atoms with Crippen molar-refractivity contribution in [2.75, 3.05) is 0 Å². The van der Waals surface area contributed by atoms with Gasteiger partial charge in [-0.05, 0) is 6.07 Å². The fourth-order valence-corrected chi connectivity index (χ4v) is 0.956. The quantitative estimate of drug-likeness (QED) is 0.718. The standard InChI is InChI=1S/C8H4N2O.V.Y/c11-6-7-5-9-10-4-2-1-3-8(7)10;;/h1-4H;;/q-2;;. The molecule has 2 radical (unpaired) electrons. The van der Waals surface area contributed by atoms with Crippen LogP contribution in [0.4, 0.5) is 0 Å². The van der Waals surface area contributed by atoms with Crippen LogP contribution in [0.1, 0.15) is 5.56 Å². The van der Waals surface area contributed by atoms with Gasteiger partial charge in [-0.15, -0.1) is 12.4 Å². The Kier molecular flexibility index (Phi) is 5.73. The summed E-state index contributed by atoms with van der Waals surface area (Å²) in [7, 11) is 0. The fourth-order valence-electron chi connectivity index (χ4n) is 0.956. The Morgan fingerprint density at radius 3 is 2.92 bits per heavy atom. The summed E-state index contributed by atoms with van der Waals surface area (Å²) in [5, 5.41) is 3.82. The summed E-state index contributed by atoms with van der Waals surface area (Å²) >= 11 is 0. The van der Waals surface area contributed by atoms with Gasteiger partial charge in [0.1, 0.15) is 0 Å². The molecule has 0 aliphatic heterocycles. The van der Waals surface area contributed by atoms with Gasteiger partial charge in [-0.3, -0.25) is 5.56 Å². The Labute approximate surface area is 113 Å². The number of fused-ring (bicyclic) bond motifs is 1. The molecular formula is C8H4N2OVY-2. The van der Waals surface area contributed by atoms with E-state index >= 15 is 0 Å². The summed E-state index contributed by atoms with van der Waals surface area (Å²) in [6, 6.07) is 5.47. The van der Waals surface area contributed by atoms with E-state index in [-0.39, 0.29) is 51.3 Å². The van der Waals surface area contributed by atoms with Gasteiger partial charge in [-0.25, -0.2) is 6.20 Å². The molecule has 62 valence electrons. The average Bonchev–Trinajstić information content (AvgIpc) is 2.47. The number of rotatable bonds is 1. The van der Waals surface area contributed by atoms with Crippen LogP contribution in [0.2, 0.25) is 0 Å². The van der Waals surface area contributed by atoms with Gasteiger partial charge in [-0.1, -0.05) is 6.07 Å². The summed E-state index contributed by atoms with van der Waals surface area (Å²) in [6.45, 7) is 0. The van der Waals surface area contributed by atoms with Gasteiger partial charge in [0.2, 0.25) is 0 Å². The van der Waals surface area contributed by atoms with E-state index in [1.165, 1.54) is 0 Å². The molecule has 2 aromatic heterocycles. The largest absolute Gasteiger partial charge is 0.462 e. The third-order valence-electron chi connectivity index (χ3n) is 1.47. The predicted molar refractivity (Wildman–Crippen MR) is 38.8 cm³/mol. The van der Waals surface area contributed by atoms with Crippen molar-refractivity contribution in [3.05, 3.63) is 36.2 Å². The minimum atomic E-state index is 0. The van der Waals surface area contributed by atoms with E-state index in [4.69, 9.17) is 0 Å². The maximum absolute atomic E-state index is 10.3. The second-order valence-electron chi connectivity index (χ2n) is 2.12. The van der Waals surface area contributed by atoms with Crippen LogP contribution in [0.25, 0.3) is 5.52 Å². The fraction of sp³-hybridized carbons (Fsp3) is 0. The first-order valence-electron chi connectivity index (χ1n) is 3.15. The first kappa shape index (κ1) is 13.0. The second-order valence-corrected chi connectivity index (χ2v) is 2.12. The summed E-state index contributed by atoms with van der Waals surface area (Å²) in [6.07, 6.45) is 6.07. The number of nitrogens with zero attached hydrogens (tertiary/aromatic N) is 2. The molecule has 5 heteroatoms. The van der Waals surface area contributed by atoms with Crippen molar-refractivity contribution in [1.82, 2.24) is 9.61 Å². The minimum absolute atomic E-state index is 0. The number of carbonyl (C=O) groups excluding carboxylic acids is 1. The van der Waals surface area contributed by atoms with Gasteiger partial charge in [-0.2, -0.15) is 5.52 Å². The van der Waals surface area contributed by atoms with Gasteiger partial charge >= 0.3 is 0 Å². The molecule has 0 spiro atoms. The molecule has 0 saturated heterocycles. The molecule has 3 nitrogen and oxygen atoms in total. The van der Waals surface area contributed by atoms with Crippen LogP contribution in [-0.4, -0.2) is 15.9 Å². The van der Waals surface area contributed by atoms with Crippen LogP contribution in [0.15, 0.2) is 24.4 Å². The Balaban J connectivity index is 0.000000720. The monoisotopic (exact) mass is 284 g/mol. The SMILES string of the molecule is O=[C-]c1[c-]nn2ccccc12.[V].[Y]. The molecule has 0 atom stereocenters. The Morgan fingerprint density at radius 2 is 2.23 bits per heavy atom. The van der Waals surface area contributed by atoms with Gasteiger partial charge in [0, 0.05) is 57.5 Å². The number of aromatic nitrogens is 2. The molecule has 0 saturated carbocycles. The molecular weight excluding hydrogens is 280 g/mol. The van der Waals surface area contributed by atoms with Crippen LogP contribution < -0.4 is 0 Å². The zero-order valence-corrected chi connectivity index (χ0v) is 10.9. The normalized spacial score (nSPS) is 8.62. The molecule has 2 rings (SSSR count). The van der Waals surface area contributed by atoms with Crippen LogP contribution in [-0.2, 0) is 56.1 Å². The molecule has 0 amide bonds. The van der Waals surface area contributed by atoms with Crippen LogP contribution in [0.3, 0.4) is 0 Å². The van der Waals surface area contributed by atoms with Gasteiger partial charge < -0.3 is 14.4 Å². The molecule has 2 heterocycles. The molecule has 13 heavy (non-hydrogen) atoms. The van der Waals surface area contributed by atoms with Gasteiger partial charge in [0.05, 0.1) is 0 Å². The molecule has 0 unspecified atom stereocenters. The Bertz CT molecular complexity index is 402. The van der Waals surface area contributed by atoms with Crippen molar-refractivity contribution in [2.45, 2.75) is 0 Å². The van der Waals surface area contributed by atoms with E-state index in [1.54, 1.807) is 23.1 Å². The predicted octanol–water partition coefficient (Wildman–Crippen LogP) is 0.587. The molecule has 0 bridgehead atoms. The smallest absolute Gasteiger partial charge is 0.000450 e. The van der Waals surface area contributed by atoms with E-state index in [0.717, 1.165) is 5.52 Å². The number of hydrogen-bond donors (Lipinski definition) is 0. The maximum atomic E-state index is 10.3. The molecule has 0 N–H and O–H groups in total. The topological polar surface area (TPSA) is 34.4 Å². The van der Waals surface area contributed by atoms with Gasteiger partial charge in [0.15, 0.2) is 0 Å². The third kappa shape index (κ3) is 2.50. The zero-order chi connectivity index (χ0) is 7.68. The van der Waals surface area contributed by atoms with Crippen molar-refractivity contribution in [2.24, 2.45) is 0 Å². The molecule has 0 aliphatic rings. The van der Waals surface area contributed by atoms with Gasteiger partial charge in [0.25, 0.3) is 0 Å². The minimum Gasteiger partial charge on any atom is -0.462 e. The summed E-state index contributed by atoms with van der Waals surface area (Å²) in [5.74, 6) is 0. The van der Waals surface area contributed by atoms with E-state index < -0.39 is 0 Å². The van der Waals surface area contributed by atoms with E-state index in [2.05, 4.69) is 11.3 Å². The first-order chi connectivity index (χ1) is 5.42. The number of hydrogen-bond acceptors (Lipinski definition) is 2. The zero-order valence-electron chi connectivity index (χ0n) is 6.64.